The fourth-order valence-electron chi connectivity index (χ4n) is 3.25. The lowest BCUT2D eigenvalue weighted by Crippen LogP contribution is -2.46. The molecule has 1 aliphatic rings. The van der Waals surface area contributed by atoms with Gasteiger partial charge in [-0.15, -0.1) is 0 Å². The Morgan fingerprint density at radius 2 is 1.67 bits per heavy atom. The number of fused-ring (bicyclic) bond motifs is 1. The molecule has 0 saturated carbocycles. The smallest absolute Gasteiger partial charge is 0.369 e. The van der Waals surface area contributed by atoms with E-state index in [4.69, 9.17) is 12.2 Å². The number of hydrogen-bond acceptors (Lipinski definition) is 4. The zero-order valence-electron chi connectivity index (χ0n) is 14.4. The Morgan fingerprint density at radius 3 is 2.33 bits per heavy atom. The van der Waals surface area contributed by atoms with Gasteiger partial charge in [-0.05, 0) is 36.5 Å². The minimum absolute atomic E-state index is 0.265. The van der Waals surface area contributed by atoms with Gasteiger partial charge in [0.15, 0.2) is 5.65 Å². The molecule has 0 spiro atoms. The van der Waals surface area contributed by atoms with Crippen molar-refractivity contribution in [2.45, 2.75) is 12.8 Å². The maximum atomic E-state index is 12.9. The fourth-order valence-corrected chi connectivity index (χ4v) is 3.50. The predicted octanol–water partition coefficient (Wildman–Crippen LogP) is 3.66. The van der Waals surface area contributed by atoms with Crippen LogP contribution in [0.3, 0.4) is 0 Å². The number of piperazine rings is 1. The minimum Gasteiger partial charge on any atom is -0.369 e. The maximum absolute atomic E-state index is 12.9. The molecular weight excluding hydrogens is 375 g/mol. The molecule has 0 amide bonds. The molecule has 3 aromatic rings. The third kappa shape index (κ3) is 3.70. The van der Waals surface area contributed by atoms with E-state index in [0.717, 1.165) is 38.4 Å². The molecule has 142 valence electrons. The molecule has 0 unspecified atom stereocenters. The zero-order valence-corrected chi connectivity index (χ0v) is 15.2. The molecule has 0 aliphatic carbocycles. The van der Waals surface area contributed by atoms with Crippen molar-refractivity contribution >= 4 is 23.6 Å². The number of benzene rings is 1. The van der Waals surface area contributed by atoms with Crippen molar-refractivity contribution in [1.82, 2.24) is 19.1 Å². The quantitative estimate of drug-likeness (QED) is 0.635. The van der Waals surface area contributed by atoms with Gasteiger partial charge in [0.05, 0.1) is 12.2 Å². The van der Waals surface area contributed by atoms with Crippen LogP contribution in [0.15, 0.2) is 48.7 Å². The Balaban J connectivity index is 1.48. The van der Waals surface area contributed by atoms with Gasteiger partial charge in [-0.2, -0.15) is 18.3 Å². The second-order valence-corrected chi connectivity index (χ2v) is 6.87. The van der Waals surface area contributed by atoms with Crippen LogP contribution in [0, 0.1) is 4.77 Å². The monoisotopic (exact) mass is 393 g/mol. The van der Waals surface area contributed by atoms with E-state index in [1.807, 2.05) is 18.2 Å². The number of nitrogens with zero attached hydrogens (tertiary/aromatic N) is 5. The summed E-state index contributed by atoms with van der Waals surface area (Å²) in [6, 6.07) is 12.6. The van der Waals surface area contributed by atoms with Crippen molar-refractivity contribution in [3.63, 3.8) is 0 Å². The molecule has 1 aliphatic heterocycles. The van der Waals surface area contributed by atoms with E-state index in [1.54, 1.807) is 4.68 Å². The van der Waals surface area contributed by atoms with Crippen LogP contribution in [0.4, 0.5) is 18.9 Å². The molecule has 1 saturated heterocycles. The van der Waals surface area contributed by atoms with Gasteiger partial charge in [0, 0.05) is 38.1 Å². The molecule has 1 fully saturated rings. The zero-order chi connectivity index (χ0) is 19.0. The lowest BCUT2D eigenvalue weighted by molar-refractivity contribution is -0.137. The van der Waals surface area contributed by atoms with Crippen molar-refractivity contribution in [2.24, 2.45) is 0 Å². The number of aromatic nitrogens is 3. The van der Waals surface area contributed by atoms with Crippen LogP contribution in [0.2, 0.25) is 0 Å². The van der Waals surface area contributed by atoms with E-state index in [0.29, 0.717) is 12.3 Å². The van der Waals surface area contributed by atoms with Crippen LogP contribution in [0.25, 0.3) is 5.65 Å². The third-order valence-corrected chi connectivity index (χ3v) is 5.14. The Kier molecular flexibility index (Phi) is 4.65. The topological polar surface area (TPSA) is 28.7 Å². The average molecular weight is 393 g/mol. The van der Waals surface area contributed by atoms with Gasteiger partial charge in [0.1, 0.15) is 0 Å². The van der Waals surface area contributed by atoms with E-state index in [2.05, 4.69) is 27.0 Å². The summed E-state index contributed by atoms with van der Waals surface area (Å²) in [6.45, 7) is 3.88. The van der Waals surface area contributed by atoms with E-state index >= 15 is 0 Å². The molecule has 0 radical (unpaired) electrons. The first-order valence-electron chi connectivity index (χ1n) is 8.60. The Labute approximate surface area is 159 Å². The van der Waals surface area contributed by atoms with Crippen molar-refractivity contribution in [3.8, 4) is 0 Å². The van der Waals surface area contributed by atoms with E-state index in [9.17, 15) is 13.2 Å². The minimum atomic E-state index is -4.40. The molecule has 1 aromatic carbocycles. The van der Waals surface area contributed by atoms with Gasteiger partial charge in [-0.1, -0.05) is 18.2 Å². The van der Waals surface area contributed by atoms with Crippen LogP contribution in [-0.4, -0.2) is 45.3 Å². The first kappa shape index (κ1) is 18.0. The molecule has 3 heterocycles. The molecule has 4 rings (SSSR count). The Hall–Kier alpha value is -2.39. The second kappa shape index (κ2) is 6.97. The molecule has 2 aromatic heterocycles. The summed E-state index contributed by atoms with van der Waals surface area (Å²) in [7, 11) is 0. The Bertz CT molecular complexity index is 988. The summed E-state index contributed by atoms with van der Waals surface area (Å²) in [4.78, 5) is 4.52. The highest BCUT2D eigenvalue weighted by molar-refractivity contribution is 7.71. The van der Waals surface area contributed by atoms with Gasteiger partial charge in [0.2, 0.25) is 4.77 Å². The van der Waals surface area contributed by atoms with E-state index < -0.39 is 11.7 Å². The summed E-state index contributed by atoms with van der Waals surface area (Å²) in [5, 5.41) is 4.36. The summed E-state index contributed by atoms with van der Waals surface area (Å²) in [6.07, 6.45) is -3.40. The normalized spacial score (nSPS) is 16.2. The number of hydrogen-bond donors (Lipinski definition) is 0. The summed E-state index contributed by atoms with van der Waals surface area (Å²) in [5.41, 5.74) is 0.874. The number of anilines is 1. The number of pyridine rings is 1. The van der Waals surface area contributed by atoms with Crippen molar-refractivity contribution in [1.29, 1.82) is 0 Å². The molecule has 5 nitrogen and oxygen atoms in total. The van der Waals surface area contributed by atoms with Crippen molar-refractivity contribution < 1.29 is 13.2 Å². The molecule has 0 bridgehead atoms. The maximum Gasteiger partial charge on any atom is 0.417 e. The predicted molar refractivity (Wildman–Crippen MR) is 99.2 cm³/mol. The van der Waals surface area contributed by atoms with Gasteiger partial charge < -0.3 is 4.90 Å². The van der Waals surface area contributed by atoms with Crippen LogP contribution < -0.4 is 4.90 Å². The SMILES string of the molecule is FC(F)(F)c1ccc2nn(CN3CCN(c4ccccc4)CC3)c(=S)n2c1. The van der Waals surface area contributed by atoms with Crippen LogP contribution >= 0.6 is 12.2 Å². The standard InChI is InChI=1S/C18H18F3N5S/c19-18(20,21)14-6-7-16-22-26(17(27)25(16)12-14)13-23-8-10-24(11-9-23)15-4-2-1-3-5-15/h1-7,12H,8-11,13H2. The molecule has 0 N–H and O–H groups in total. The Morgan fingerprint density at radius 1 is 0.963 bits per heavy atom. The molecular formula is C18H18F3N5S. The summed E-state index contributed by atoms with van der Waals surface area (Å²) in [5.74, 6) is 0. The van der Waals surface area contributed by atoms with Crippen LogP contribution in [0.1, 0.15) is 5.56 Å². The highest BCUT2D eigenvalue weighted by Crippen LogP contribution is 2.29. The van der Waals surface area contributed by atoms with Gasteiger partial charge >= 0.3 is 6.18 Å². The number of alkyl halides is 3. The van der Waals surface area contributed by atoms with E-state index in [1.165, 1.54) is 16.2 Å². The number of rotatable bonds is 3. The molecule has 9 heteroatoms. The largest absolute Gasteiger partial charge is 0.417 e. The fraction of sp³-hybridized carbons (Fsp3) is 0.333. The lowest BCUT2D eigenvalue weighted by atomic mass is 10.2. The first-order chi connectivity index (χ1) is 12.9. The van der Waals surface area contributed by atoms with Crippen LogP contribution in [0.5, 0.6) is 0 Å². The van der Waals surface area contributed by atoms with Crippen molar-refractivity contribution in [2.75, 3.05) is 31.1 Å². The van der Waals surface area contributed by atoms with Gasteiger partial charge in [-0.3, -0.25) is 9.30 Å². The van der Waals surface area contributed by atoms with Crippen LogP contribution in [-0.2, 0) is 12.8 Å². The second-order valence-electron chi connectivity index (χ2n) is 6.51. The number of para-hydroxylation sites is 1. The summed E-state index contributed by atoms with van der Waals surface area (Å²) < 4.78 is 41.9. The highest BCUT2D eigenvalue weighted by Gasteiger charge is 2.31. The highest BCUT2D eigenvalue weighted by atomic mass is 32.1. The summed E-state index contributed by atoms with van der Waals surface area (Å²) >= 11 is 5.34. The van der Waals surface area contributed by atoms with Gasteiger partial charge in [0.25, 0.3) is 0 Å². The first-order valence-corrected chi connectivity index (χ1v) is 9.01. The lowest BCUT2D eigenvalue weighted by Gasteiger charge is -2.35. The van der Waals surface area contributed by atoms with E-state index in [-0.39, 0.29) is 4.77 Å². The number of halogens is 3. The average Bonchev–Trinajstić information content (AvgIpc) is 2.97. The van der Waals surface area contributed by atoms with Crippen molar-refractivity contribution in [3.05, 3.63) is 59.0 Å². The third-order valence-electron chi connectivity index (χ3n) is 4.73. The molecule has 27 heavy (non-hydrogen) atoms. The molecule has 0 atom stereocenters. The van der Waals surface area contributed by atoms with Gasteiger partial charge in [-0.25, -0.2) is 4.68 Å².